The van der Waals surface area contributed by atoms with E-state index in [4.69, 9.17) is 0 Å². The van der Waals surface area contributed by atoms with Gasteiger partial charge in [-0.15, -0.1) is 0 Å². The van der Waals surface area contributed by atoms with Crippen molar-refractivity contribution in [2.75, 3.05) is 6.54 Å². The maximum atomic E-state index is 13.9. The van der Waals surface area contributed by atoms with E-state index in [1.165, 1.54) is 38.2 Å². The van der Waals surface area contributed by atoms with Crippen LogP contribution in [0.2, 0.25) is 0 Å². The predicted octanol–water partition coefficient (Wildman–Crippen LogP) is 4.68. The molecule has 0 saturated carbocycles. The third-order valence-electron chi connectivity index (χ3n) is 3.71. The summed E-state index contributed by atoms with van der Waals surface area (Å²) in [4.78, 5) is 0. The van der Waals surface area contributed by atoms with Gasteiger partial charge in [-0.2, -0.15) is 0 Å². The zero-order valence-electron chi connectivity index (χ0n) is 12.8. The van der Waals surface area contributed by atoms with Gasteiger partial charge in [0.1, 0.15) is 5.82 Å². The molecule has 1 aromatic heterocycles. The van der Waals surface area contributed by atoms with Crippen molar-refractivity contribution < 1.29 is 4.39 Å². The third-order valence-corrected chi connectivity index (χ3v) is 3.71. The number of para-hydroxylation sites is 1. The molecular weight excluding hydrogens is 263 g/mol. The fourth-order valence-corrected chi connectivity index (χ4v) is 2.51. The third kappa shape index (κ3) is 4.71. The quantitative estimate of drug-likeness (QED) is 0.663. The Labute approximate surface area is 127 Å². The molecule has 2 aromatic rings. The first-order chi connectivity index (χ1) is 10.3. The maximum absolute atomic E-state index is 13.9. The van der Waals surface area contributed by atoms with Crippen molar-refractivity contribution in [3.05, 3.63) is 54.1 Å². The van der Waals surface area contributed by atoms with E-state index in [-0.39, 0.29) is 5.82 Å². The van der Waals surface area contributed by atoms with E-state index in [1.807, 2.05) is 35.0 Å². The van der Waals surface area contributed by atoms with Crippen LogP contribution < -0.4 is 5.32 Å². The molecule has 0 aliphatic heterocycles. The van der Waals surface area contributed by atoms with Crippen molar-refractivity contribution in [2.45, 2.75) is 45.6 Å². The highest BCUT2D eigenvalue weighted by Gasteiger charge is 2.06. The lowest BCUT2D eigenvalue weighted by Crippen LogP contribution is -2.17. The average molecular weight is 288 g/mol. The number of rotatable bonds is 9. The molecule has 0 spiro atoms. The second-order valence-electron chi connectivity index (χ2n) is 5.41. The molecule has 0 aliphatic carbocycles. The molecule has 2 nitrogen and oxygen atoms in total. The molecule has 0 amide bonds. The second-order valence-corrected chi connectivity index (χ2v) is 5.41. The standard InChI is InChI=1S/C18H25FN2/c1-2-3-4-5-8-13-20-15-16-10-9-14-21(16)18-12-7-6-11-17(18)19/h6-7,9-12,14,20H,2-5,8,13,15H2,1H3. The molecule has 1 aromatic carbocycles. The normalized spacial score (nSPS) is 11.0. The van der Waals surface area contributed by atoms with Crippen molar-refractivity contribution >= 4 is 0 Å². The molecular formula is C18H25FN2. The largest absolute Gasteiger partial charge is 0.317 e. The van der Waals surface area contributed by atoms with Crippen molar-refractivity contribution in [1.29, 1.82) is 0 Å². The summed E-state index contributed by atoms with van der Waals surface area (Å²) in [6.07, 6.45) is 8.34. The van der Waals surface area contributed by atoms with E-state index in [0.29, 0.717) is 5.69 Å². The summed E-state index contributed by atoms with van der Waals surface area (Å²) in [7, 11) is 0. The molecule has 1 N–H and O–H groups in total. The lowest BCUT2D eigenvalue weighted by atomic mass is 10.1. The summed E-state index contributed by atoms with van der Waals surface area (Å²) in [6.45, 7) is 4.02. The molecule has 0 bridgehead atoms. The number of halogens is 1. The maximum Gasteiger partial charge on any atom is 0.147 e. The van der Waals surface area contributed by atoms with E-state index in [1.54, 1.807) is 6.07 Å². The van der Waals surface area contributed by atoms with Crippen molar-refractivity contribution in [1.82, 2.24) is 9.88 Å². The minimum Gasteiger partial charge on any atom is -0.317 e. The highest BCUT2D eigenvalue weighted by atomic mass is 19.1. The Morgan fingerprint density at radius 1 is 1.00 bits per heavy atom. The number of aromatic nitrogens is 1. The average Bonchev–Trinajstić information content (AvgIpc) is 2.95. The van der Waals surface area contributed by atoms with E-state index in [9.17, 15) is 4.39 Å². The molecule has 0 unspecified atom stereocenters. The van der Waals surface area contributed by atoms with E-state index in [2.05, 4.69) is 12.2 Å². The van der Waals surface area contributed by atoms with Gasteiger partial charge < -0.3 is 9.88 Å². The van der Waals surface area contributed by atoms with Crippen LogP contribution >= 0.6 is 0 Å². The first kappa shape index (κ1) is 15.8. The van der Waals surface area contributed by atoms with Crippen molar-refractivity contribution in [2.24, 2.45) is 0 Å². The van der Waals surface area contributed by atoms with E-state index < -0.39 is 0 Å². The monoisotopic (exact) mass is 288 g/mol. The van der Waals surface area contributed by atoms with Crippen LogP contribution in [0.4, 0.5) is 4.39 Å². The summed E-state index contributed by atoms with van der Waals surface area (Å²) in [5, 5.41) is 3.45. The molecule has 21 heavy (non-hydrogen) atoms. The summed E-state index contributed by atoms with van der Waals surface area (Å²) >= 11 is 0. The highest BCUT2D eigenvalue weighted by Crippen LogP contribution is 2.16. The topological polar surface area (TPSA) is 17.0 Å². The lowest BCUT2D eigenvalue weighted by Gasteiger charge is -2.11. The van der Waals surface area contributed by atoms with E-state index >= 15 is 0 Å². The van der Waals surface area contributed by atoms with Gasteiger partial charge in [0.2, 0.25) is 0 Å². The molecule has 0 fully saturated rings. The number of benzene rings is 1. The van der Waals surface area contributed by atoms with Gasteiger partial charge in [-0.05, 0) is 37.2 Å². The van der Waals surface area contributed by atoms with Gasteiger partial charge in [0.25, 0.3) is 0 Å². The molecule has 0 saturated heterocycles. The van der Waals surface area contributed by atoms with Crippen LogP contribution in [0, 0.1) is 5.82 Å². The van der Waals surface area contributed by atoms with Gasteiger partial charge in [0.05, 0.1) is 5.69 Å². The summed E-state index contributed by atoms with van der Waals surface area (Å²) in [5.74, 6) is -0.186. The Balaban J connectivity index is 1.83. The van der Waals surface area contributed by atoms with Gasteiger partial charge in [0.15, 0.2) is 0 Å². The Morgan fingerprint density at radius 2 is 1.81 bits per heavy atom. The predicted molar refractivity (Wildman–Crippen MR) is 86.2 cm³/mol. The first-order valence-electron chi connectivity index (χ1n) is 7.94. The molecule has 0 radical (unpaired) electrons. The zero-order valence-corrected chi connectivity index (χ0v) is 12.8. The van der Waals surface area contributed by atoms with Crippen LogP contribution in [0.15, 0.2) is 42.6 Å². The SMILES string of the molecule is CCCCCCCNCc1cccn1-c1ccccc1F. The number of hydrogen-bond acceptors (Lipinski definition) is 1. The fourth-order valence-electron chi connectivity index (χ4n) is 2.51. The molecule has 1 heterocycles. The minimum atomic E-state index is -0.186. The zero-order chi connectivity index (χ0) is 14.9. The molecule has 0 atom stereocenters. The van der Waals surface area contributed by atoms with Crippen molar-refractivity contribution in [3.63, 3.8) is 0 Å². The van der Waals surface area contributed by atoms with Gasteiger partial charge in [-0.25, -0.2) is 4.39 Å². The Kier molecular flexibility index (Phi) is 6.48. The highest BCUT2D eigenvalue weighted by molar-refractivity contribution is 5.36. The van der Waals surface area contributed by atoms with Gasteiger partial charge in [-0.3, -0.25) is 0 Å². The summed E-state index contributed by atoms with van der Waals surface area (Å²) in [6, 6.07) is 10.9. The van der Waals surface area contributed by atoms with Crippen LogP contribution in [-0.4, -0.2) is 11.1 Å². The van der Waals surface area contributed by atoms with Gasteiger partial charge in [-0.1, -0.05) is 44.7 Å². The summed E-state index contributed by atoms with van der Waals surface area (Å²) in [5.41, 5.74) is 1.70. The Morgan fingerprint density at radius 3 is 2.62 bits per heavy atom. The number of nitrogens with zero attached hydrogens (tertiary/aromatic N) is 1. The molecule has 114 valence electrons. The fraction of sp³-hybridized carbons (Fsp3) is 0.444. The van der Waals surface area contributed by atoms with Crippen LogP contribution in [0.5, 0.6) is 0 Å². The first-order valence-corrected chi connectivity index (χ1v) is 7.94. The van der Waals surface area contributed by atoms with Crippen LogP contribution in [0.1, 0.15) is 44.7 Å². The number of nitrogens with one attached hydrogen (secondary N) is 1. The minimum absolute atomic E-state index is 0.186. The van der Waals surface area contributed by atoms with Gasteiger partial charge in [0, 0.05) is 18.4 Å². The molecule has 3 heteroatoms. The summed E-state index contributed by atoms with van der Waals surface area (Å²) < 4.78 is 15.8. The Bertz CT molecular complexity index is 534. The lowest BCUT2D eigenvalue weighted by molar-refractivity contribution is 0.574. The van der Waals surface area contributed by atoms with Gasteiger partial charge >= 0.3 is 0 Å². The number of unbranched alkanes of at least 4 members (excludes halogenated alkanes) is 4. The second kappa shape index (κ2) is 8.63. The molecule has 0 aliphatic rings. The van der Waals surface area contributed by atoms with Crippen LogP contribution in [-0.2, 0) is 6.54 Å². The Hall–Kier alpha value is -1.61. The molecule has 2 rings (SSSR count). The van der Waals surface area contributed by atoms with Crippen molar-refractivity contribution in [3.8, 4) is 5.69 Å². The van der Waals surface area contributed by atoms with Crippen LogP contribution in [0.25, 0.3) is 5.69 Å². The number of hydrogen-bond donors (Lipinski definition) is 1. The smallest absolute Gasteiger partial charge is 0.147 e. The van der Waals surface area contributed by atoms with E-state index in [0.717, 1.165) is 18.8 Å². The van der Waals surface area contributed by atoms with Crippen LogP contribution in [0.3, 0.4) is 0 Å².